The first kappa shape index (κ1) is 94.5. The van der Waals surface area contributed by atoms with Gasteiger partial charge in [0, 0.05) is 93.7 Å². The van der Waals surface area contributed by atoms with Crippen LogP contribution in [-0.2, 0) is 103 Å². The number of benzene rings is 2. The molecule has 4 heterocycles. The smallest absolute Gasteiger partial charge is 0.323 e. The SMILES string of the molecule is C[C@H](O)[C@H]1NC(=O)[C@H](NC(=O)[C@@H](CS)NC(=O)CN)Cc2cn(nn2)CCC[C@@H](C(=O)N[C@H](Cc2ccc(O)cc2)C(=O)N(C)CC(=O)O)NC(=O)[C@H](CCC(N)=O)NC(=O)[C@@H](Cc2c[nH]c3ccccc23)NC(=O)[C@H](CCCNC(N)=O)NC(=O)[C@@H](CS)NC(=O)[C@H](CCCNC(=N)N)NC(=O)[C@H]2CCCN2C(=O)[C@H](CC(=O)O)NC1=O. The van der Waals surface area contributed by atoms with Crippen molar-refractivity contribution in [1.29, 1.82) is 5.41 Å². The summed E-state index contributed by atoms with van der Waals surface area (Å²) >= 11 is 8.50. The lowest BCUT2D eigenvalue weighted by Crippen LogP contribution is -2.62. The van der Waals surface area contributed by atoms with Gasteiger partial charge in [0.05, 0.1) is 24.8 Å². The van der Waals surface area contributed by atoms with Crippen LogP contribution in [-0.4, -0.2) is 287 Å². The number of aromatic amines is 1. The Hall–Kier alpha value is -12.4. The van der Waals surface area contributed by atoms with Crippen LogP contribution in [0.1, 0.15) is 94.4 Å². The van der Waals surface area contributed by atoms with E-state index in [1.165, 1.54) is 41.3 Å². The van der Waals surface area contributed by atoms with Crippen molar-refractivity contribution in [3.05, 3.63) is 77.7 Å². The van der Waals surface area contributed by atoms with Gasteiger partial charge in [0.25, 0.3) is 0 Å². The standard InChI is InChI=1S/C71H102N24O21S2/c1-35(96)57-67(113)88-49(28-55(100)101)69(115)95-24-8-14-52(95)66(112)84-43(11-5-21-77-70(74)75)60(106)89-51(34-118)65(111)82-42(12-6-22-78-71(76)116)58(104)85-46(26-37-30-79-41-10-4-3-9-40(37)41)62(108)83-45(19-20-53(73)98)61(107)81-44(59(105)87-48(68(114)93(2)32-56(102)103)25-36-15-17-39(97)18-16-36)13-7-23-94-31-38(91-92-94)27-47(63(109)90-57)86-64(110)50(33-117)80-54(99)29-72/h3-4,9-10,15-18,30-31,35,42-52,57,79,96-97,117-118H,5-8,11-14,19-29,32-34,72H2,1-2H3,(H2,73,98)(H,80,99)(H,81,107)(H,82,111)(H,83,108)(H,84,112)(H,85,104)(H,86,110)(H,87,105)(H,88,113)(H,89,106)(H,90,109)(H,100,101)(H,102,103)(H4,74,75,77)(H3,76,78,116)/t35-,42-,43-,44-,45-,46+,47+,48+,49-,50+,51+,52+,57+/m0/s1. The number of nitrogens with zero attached hydrogens (tertiary/aromatic N) is 5. The van der Waals surface area contributed by atoms with Crippen LogP contribution in [0.15, 0.2) is 60.9 Å². The summed E-state index contributed by atoms with van der Waals surface area (Å²) < 4.78 is 1.18. The Bertz CT molecular complexity index is 4280. The molecule has 2 aromatic carbocycles. The lowest BCUT2D eigenvalue weighted by molar-refractivity contribution is -0.146. The fourth-order valence-corrected chi connectivity index (χ4v) is 13.3. The fraction of sp³-hybridized carbons (Fsp3) is 0.521. The van der Waals surface area contributed by atoms with Gasteiger partial charge in [-0.1, -0.05) is 35.5 Å². The molecule has 16 amide bonds. The number of aromatic hydroxyl groups is 1. The van der Waals surface area contributed by atoms with Crippen LogP contribution in [0.5, 0.6) is 5.75 Å². The minimum Gasteiger partial charge on any atom is -0.508 e. The Labute approximate surface area is 685 Å². The number of hydrogen-bond acceptors (Lipinski definition) is 25. The lowest BCUT2D eigenvalue weighted by atomic mass is 10.0. The number of urea groups is 1. The molecule has 2 aliphatic rings. The number of carbonyl (C=O) groups excluding carboxylic acids is 15. The number of para-hydroxylation sites is 1. The third-order valence-corrected chi connectivity index (χ3v) is 19.6. The highest BCUT2D eigenvalue weighted by atomic mass is 32.1. The zero-order chi connectivity index (χ0) is 87.0. The molecule has 47 heteroatoms. The number of phenols is 1. The van der Waals surface area contributed by atoms with E-state index in [0.29, 0.717) is 22.0 Å². The maximum atomic E-state index is 15.3. The number of phenolic OH excluding ortho intramolecular Hbond substituents is 1. The minimum absolute atomic E-state index is 0.0118. The molecule has 2 aliphatic heterocycles. The van der Waals surface area contributed by atoms with E-state index in [4.69, 9.17) is 28.3 Å². The Morgan fingerprint density at radius 2 is 1.28 bits per heavy atom. The molecule has 0 unspecified atom stereocenters. The van der Waals surface area contributed by atoms with Crippen LogP contribution in [0.4, 0.5) is 4.79 Å². The number of carbonyl (C=O) groups is 17. The number of rotatable bonds is 29. The van der Waals surface area contributed by atoms with Crippen molar-refractivity contribution in [2.45, 2.75) is 182 Å². The topological polar surface area (TPSA) is 708 Å². The number of fused-ring (bicyclic) bond motifs is 4. The second-order valence-electron chi connectivity index (χ2n) is 28.0. The number of aromatic nitrogens is 4. The van der Waals surface area contributed by atoms with Crippen LogP contribution in [0.25, 0.3) is 10.9 Å². The highest BCUT2D eigenvalue weighted by molar-refractivity contribution is 7.80. The molecule has 1 fully saturated rings. The van der Waals surface area contributed by atoms with Crippen molar-refractivity contribution in [2.75, 3.05) is 51.3 Å². The molecule has 45 nitrogen and oxygen atoms in total. The molecule has 4 aromatic rings. The normalized spacial score (nSPS) is 22.0. The fourth-order valence-electron chi connectivity index (χ4n) is 12.8. The number of aliphatic hydroxyl groups is 1. The van der Waals surface area contributed by atoms with Crippen LogP contribution >= 0.6 is 25.3 Å². The average Bonchev–Trinajstić information content (AvgIpc) is 1.59. The number of amides is 16. The average molecular weight is 1690 g/mol. The van der Waals surface area contributed by atoms with E-state index >= 15 is 19.2 Å². The number of nitrogens with one attached hydrogen (secondary N) is 15. The van der Waals surface area contributed by atoms with Gasteiger partial charge in [-0.15, -0.1) is 5.10 Å². The van der Waals surface area contributed by atoms with Crippen LogP contribution in [0, 0.1) is 5.41 Å². The van der Waals surface area contributed by atoms with Gasteiger partial charge in [0.2, 0.25) is 82.7 Å². The van der Waals surface area contributed by atoms with Gasteiger partial charge < -0.3 is 127 Å². The van der Waals surface area contributed by atoms with E-state index in [-0.39, 0.29) is 101 Å². The summed E-state index contributed by atoms with van der Waals surface area (Å²) in [4.78, 5) is 242. The predicted octanol–water partition coefficient (Wildman–Crippen LogP) is -8.20. The molecule has 2 bridgehead atoms. The summed E-state index contributed by atoms with van der Waals surface area (Å²) in [6.07, 6.45) is -4.09. The number of guanidine groups is 1. The number of primary amides is 2. The predicted molar refractivity (Wildman–Crippen MR) is 423 cm³/mol. The molecular weight excluding hydrogens is 1590 g/mol. The Balaban J connectivity index is 1.50. The molecular formula is C71H102N24O21S2. The Morgan fingerprint density at radius 1 is 0.686 bits per heavy atom. The van der Waals surface area contributed by atoms with Crippen molar-refractivity contribution < 1.29 is 102 Å². The third-order valence-electron chi connectivity index (χ3n) is 18.9. The minimum atomic E-state index is -2.08. The number of carboxylic acid groups (broad SMARTS) is 2. The van der Waals surface area contributed by atoms with Gasteiger partial charge in [0.1, 0.15) is 84.8 Å². The quantitative estimate of drug-likeness (QED) is 0.0104. The van der Waals surface area contributed by atoms with E-state index in [1.54, 1.807) is 24.3 Å². The van der Waals surface area contributed by atoms with Gasteiger partial charge in [-0.05, 0) is 94.0 Å². The zero-order valence-electron chi connectivity index (χ0n) is 64.5. The van der Waals surface area contributed by atoms with Crippen molar-refractivity contribution in [1.82, 2.24) is 98.9 Å². The van der Waals surface area contributed by atoms with Crippen LogP contribution in [0.3, 0.4) is 0 Å². The maximum Gasteiger partial charge on any atom is 0.323 e. The van der Waals surface area contributed by atoms with E-state index in [2.05, 4.69) is 110 Å². The summed E-state index contributed by atoms with van der Waals surface area (Å²) in [5.41, 5.74) is 23.2. The van der Waals surface area contributed by atoms with Gasteiger partial charge in [-0.25, -0.2) is 4.79 Å². The van der Waals surface area contributed by atoms with Crippen molar-refractivity contribution in [3.8, 4) is 5.75 Å². The molecule has 2 aromatic heterocycles. The molecule has 0 aliphatic carbocycles. The molecule has 644 valence electrons. The van der Waals surface area contributed by atoms with Crippen LogP contribution < -0.4 is 92.1 Å². The molecule has 0 spiro atoms. The van der Waals surface area contributed by atoms with Gasteiger partial charge in [-0.2, -0.15) is 25.3 Å². The zero-order valence-corrected chi connectivity index (χ0v) is 66.3. The number of aliphatic hydroxyl groups excluding tert-OH is 1. The van der Waals surface area contributed by atoms with Gasteiger partial charge in [-0.3, -0.25) is 86.8 Å². The summed E-state index contributed by atoms with van der Waals surface area (Å²) in [6, 6.07) is -9.57. The molecule has 0 radical (unpaired) electrons. The molecule has 0 saturated carbocycles. The number of nitrogens with two attached hydrogens (primary N) is 4. The van der Waals surface area contributed by atoms with Gasteiger partial charge in [0.15, 0.2) is 5.96 Å². The van der Waals surface area contributed by atoms with E-state index < -0.39 is 236 Å². The number of hydrogen-bond donors (Lipinski definition) is 25. The molecule has 118 heavy (non-hydrogen) atoms. The third kappa shape index (κ3) is 29.7. The monoisotopic (exact) mass is 1690 g/mol. The van der Waals surface area contributed by atoms with Crippen molar-refractivity contribution in [3.63, 3.8) is 0 Å². The summed E-state index contributed by atoms with van der Waals surface area (Å²) in [5, 5.41) is 89.8. The van der Waals surface area contributed by atoms with Crippen LogP contribution in [0.2, 0.25) is 0 Å². The van der Waals surface area contributed by atoms with Gasteiger partial charge >= 0.3 is 18.0 Å². The van der Waals surface area contributed by atoms with E-state index in [0.717, 1.165) is 23.8 Å². The Morgan fingerprint density at radius 3 is 1.89 bits per heavy atom. The second-order valence-corrected chi connectivity index (χ2v) is 28.7. The number of aryl methyl sites for hydroxylation is 1. The van der Waals surface area contributed by atoms with Crippen molar-refractivity contribution in [2.24, 2.45) is 22.9 Å². The summed E-state index contributed by atoms with van der Waals surface area (Å²) in [6.45, 7) is -1.10. The van der Waals surface area contributed by atoms with Crippen molar-refractivity contribution >= 4 is 143 Å². The largest absolute Gasteiger partial charge is 0.508 e. The first-order valence-corrected chi connectivity index (χ1v) is 38.8. The van der Waals surface area contributed by atoms with E-state index in [9.17, 15) is 82.8 Å². The molecule has 27 N–H and O–H groups in total. The number of likely N-dealkylation sites (N-methyl/N-ethyl adjacent to an activating group) is 1. The first-order chi connectivity index (χ1) is 56.0. The first-order valence-electron chi connectivity index (χ1n) is 37.5. The number of H-pyrrole nitrogens is 1. The highest BCUT2D eigenvalue weighted by Crippen LogP contribution is 2.23. The highest BCUT2D eigenvalue weighted by Gasteiger charge is 2.43. The number of thiol groups is 2. The molecule has 13 atom stereocenters. The molecule has 6 rings (SSSR count). The Kier molecular flexibility index (Phi) is 37.1. The maximum absolute atomic E-state index is 15.3. The summed E-state index contributed by atoms with van der Waals surface area (Å²) in [7, 11) is 1.15. The summed E-state index contributed by atoms with van der Waals surface area (Å²) in [5.74, 6) is -19.8. The lowest BCUT2D eigenvalue weighted by Gasteiger charge is -2.31. The number of carboxylic acids is 2. The molecule has 1 saturated heterocycles. The van der Waals surface area contributed by atoms with E-state index in [1.807, 2.05) is 0 Å². The second kappa shape index (κ2) is 46.4. The number of aliphatic carboxylic acids is 2.